The van der Waals surface area contributed by atoms with E-state index >= 15 is 0 Å². The monoisotopic (exact) mass is 674 g/mol. The first-order valence-electron chi connectivity index (χ1n) is 14.0. The van der Waals surface area contributed by atoms with Gasteiger partial charge in [0, 0.05) is 20.3 Å². The number of aliphatic hydroxyl groups is 10. The van der Waals surface area contributed by atoms with Gasteiger partial charge in [-0.2, -0.15) is 0 Å². The van der Waals surface area contributed by atoms with Crippen molar-refractivity contribution in [1.29, 1.82) is 0 Å². The van der Waals surface area contributed by atoms with E-state index in [-0.39, 0.29) is 6.29 Å². The van der Waals surface area contributed by atoms with E-state index in [1.807, 2.05) is 5.32 Å². The number of carbonyl (C=O) groups is 4. The first kappa shape index (κ1) is 39.7. The van der Waals surface area contributed by atoms with Crippen LogP contribution < -0.4 is 10.6 Å². The molecule has 0 aromatic rings. The molecule has 2 aliphatic rings. The van der Waals surface area contributed by atoms with Crippen LogP contribution in [0.1, 0.15) is 20.3 Å². The number of nitrogens with one attached hydrogen (secondary N) is 2. The largest absolute Gasteiger partial charge is 0.477 e. The van der Waals surface area contributed by atoms with E-state index in [4.69, 9.17) is 18.9 Å². The van der Waals surface area contributed by atoms with Gasteiger partial charge in [-0.15, -0.1) is 0 Å². The maximum atomic E-state index is 12.3. The number of aliphatic carboxylic acids is 1. The van der Waals surface area contributed by atoms with Gasteiger partial charge < -0.3 is 90.5 Å². The second kappa shape index (κ2) is 17.1. The summed E-state index contributed by atoms with van der Waals surface area (Å²) in [7, 11) is 0. The average Bonchev–Trinajstić information content (AvgIpc) is 3.00. The second-order valence-electron chi connectivity index (χ2n) is 10.9. The second-order valence-corrected chi connectivity index (χ2v) is 10.9. The zero-order valence-electron chi connectivity index (χ0n) is 24.7. The van der Waals surface area contributed by atoms with Crippen LogP contribution in [0.3, 0.4) is 0 Å². The molecule has 0 saturated carbocycles. The molecule has 21 heteroatoms. The van der Waals surface area contributed by atoms with E-state index in [2.05, 4.69) is 5.32 Å². The highest BCUT2D eigenvalue weighted by Crippen LogP contribution is 2.34. The van der Waals surface area contributed by atoms with Crippen LogP contribution in [-0.4, -0.2) is 191 Å². The fourth-order valence-corrected chi connectivity index (χ4v) is 4.85. The number of aldehydes is 1. The Kier molecular flexibility index (Phi) is 14.7. The molecule has 0 aromatic heterocycles. The van der Waals surface area contributed by atoms with E-state index in [1.165, 1.54) is 0 Å². The summed E-state index contributed by atoms with van der Waals surface area (Å²) in [5, 5.41) is 116. The normalized spacial score (nSPS) is 35.6. The highest BCUT2D eigenvalue weighted by atomic mass is 16.7. The van der Waals surface area contributed by atoms with Crippen molar-refractivity contribution >= 4 is 24.1 Å². The number of ether oxygens (including phenoxy) is 4. The van der Waals surface area contributed by atoms with E-state index in [9.17, 15) is 75.3 Å². The lowest BCUT2D eigenvalue weighted by Crippen LogP contribution is -2.68. The van der Waals surface area contributed by atoms with Crippen LogP contribution in [-0.2, 0) is 38.1 Å². The van der Waals surface area contributed by atoms with Gasteiger partial charge in [-0.3, -0.25) is 9.59 Å². The zero-order valence-corrected chi connectivity index (χ0v) is 24.7. The summed E-state index contributed by atoms with van der Waals surface area (Å²) in [4.78, 5) is 46.3. The minimum atomic E-state index is -2.84. The molecular weight excluding hydrogens is 632 g/mol. The maximum Gasteiger partial charge on any atom is 0.364 e. The molecule has 21 nitrogen and oxygen atoms in total. The Balaban J connectivity index is 2.19. The van der Waals surface area contributed by atoms with Gasteiger partial charge in [0.2, 0.25) is 11.8 Å². The summed E-state index contributed by atoms with van der Waals surface area (Å²) in [6.45, 7) is -0.838. The molecule has 0 unspecified atom stereocenters. The number of aliphatic hydroxyl groups excluding tert-OH is 10. The van der Waals surface area contributed by atoms with Gasteiger partial charge in [0.05, 0.1) is 32.0 Å². The summed E-state index contributed by atoms with van der Waals surface area (Å²) in [6, 6.07) is -3.10. The lowest BCUT2D eigenvalue weighted by Gasteiger charge is -2.47. The molecule has 266 valence electrons. The van der Waals surface area contributed by atoms with Crippen molar-refractivity contribution in [3.8, 4) is 0 Å². The Morgan fingerprint density at radius 3 is 2.11 bits per heavy atom. The fourth-order valence-electron chi connectivity index (χ4n) is 4.85. The van der Waals surface area contributed by atoms with Gasteiger partial charge in [-0.05, 0) is 0 Å². The molecule has 2 fully saturated rings. The molecule has 0 radical (unpaired) electrons. The Morgan fingerprint density at radius 1 is 0.957 bits per heavy atom. The average molecular weight is 675 g/mol. The van der Waals surface area contributed by atoms with Crippen LogP contribution in [0, 0.1) is 0 Å². The van der Waals surface area contributed by atoms with Crippen molar-refractivity contribution in [3.05, 3.63) is 0 Å². The van der Waals surface area contributed by atoms with Crippen molar-refractivity contribution in [2.24, 2.45) is 0 Å². The van der Waals surface area contributed by atoms with Gasteiger partial charge in [0.1, 0.15) is 73.4 Å². The van der Waals surface area contributed by atoms with Crippen molar-refractivity contribution in [1.82, 2.24) is 10.6 Å². The topological polar surface area (TPSA) is 352 Å². The third-order valence-electron chi connectivity index (χ3n) is 7.40. The van der Waals surface area contributed by atoms with Gasteiger partial charge >= 0.3 is 5.97 Å². The van der Waals surface area contributed by atoms with Gasteiger partial charge in [0.25, 0.3) is 5.79 Å². The summed E-state index contributed by atoms with van der Waals surface area (Å²) < 4.78 is 21.4. The van der Waals surface area contributed by atoms with Crippen molar-refractivity contribution in [2.75, 3.05) is 19.8 Å². The summed E-state index contributed by atoms with van der Waals surface area (Å²) in [6.07, 6.45) is -24.1. The molecule has 2 heterocycles. The summed E-state index contributed by atoms with van der Waals surface area (Å²) >= 11 is 0. The first-order valence-corrected chi connectivity index (χ1v) is 14.0. The SMILES string of the molecule is CC(=O)N[C@H]1[C@H]([C@H](O)[C@H](O)CO)O[C@@](OC[C@H]2O[C@@H](OC[C@@H](O)[C@@H](O)[C@H](O)[C@H](C=O)NC(C)=O)[C@H](O)[C@@H](O)[C@H]2O)(C(=O)O)C[C@@H]1O. The molecule has 13 N–H and O–H groups in total. The number of carboxylic acids is 1. The molecule has 0 aromatic carbocycles. The molecule has 0 spiro atoms. The summed E-state index contributed by atoms with van der Waals surface area (Å²) in [5.41, 5.74) is 0. The molecule has 0 bridgehead atoms. The fraction of sp³-hybridized carbons (Fsp3) is 0.840. The predicted octanol–water partition coefficient (Wildman–Crippen LogP) is -8.24. The highest BCUT2D eigenvalue weighted by molar-refractivity contribution is 5.77. The molecule has 2 saturated heterocycles. The third kappa shape index (κ3) is 9.54. The minimum Gasteiger partial charge on any atom is -0.477 e. The van der Waals surface area contributed by atoms with Crippen molar-refractivity contribution in [2.45, 2.75) is 112 Å². The van der Waals surface area contributed by atoms with E-state index in [1.54, 1.807) is 0 Å². The minimum absolute atomic E-state index is 0.107. The lowest BCUT2D eigenvalue weighted by atomic mass is 9.88. The predicted molar refractivity (Wildman–Crippen MR) is 143 cm³/mol. The molecule has 46 heavy (non-hydrogen) atoms. The third-order valence-corrected chi connectivity index (χ3v) is 7.40. The Morgan fingerprint density at radius 2 is 1.59 bits per heavy atom. The van der Waals surface area contributed by atoms with E-state index in [0.717, 1.165) is 13.8 Å². The molecule has 2 rings (SSSR count). The summed E-state index contributed by atoms with van der Waals surface area (Å²) in [5.74, 6) is -6.18. The zero-order chi connectivity index (χ0) is 35.1. The van der Waals surface area contributed by atoms with Crippen LogP contribution in [0.4, 0.5) is 0 Å². The number of carbonyl (C=O) groups excluding carboxylic acids is 3. The quantitative estimate of drug-likeness (QED) is 0.0676. The van der Waals surface area contributed by atoms with Gasteiger partial charge in [-0.1, -0.05) is 0 Å². The number of hydrogen-bond donors (Lipinski definition) is 13. The van der Waals surface area contributed by atoms with Gasteiger partial charge in [0.15, 0.2) is 6.29 Å². The van der Waals surface area contributed by atoms with Crippen LogP contribution in [0.15, 0.2) is 0 Å². The molecule has 15 atom stereocenters. The van der Waals surface area contributed by atoms with Crippen LogP contribution in [0.25, 0.3) is 0 Å². The van der Waals surface area contributed by atoms with Crippen LogP contribution in [0.5, 0.6) is 0 Å². The molecule has 2 amide bonds. The Hall–Kier alpha value is -2.48. The first-order chi connectivity index (χ1) is 21.4. The lowest BCUT2D eigenvalue weighted by molar-refractivity contribution is -0.340. The number of rotatable bonds is 16. The van der Waals surface area contributed by atoms with E-state index in [0.29, 0.717) is 0 Å². The van der Waals surface area contributed by atoms with Gasteiger partial charge in [-0.25, -0.2) is 4.79 Å². The molecular formula is C25H42N2O19. The smallest absolute Gasteiger partial charge is 0.364 e. The Labute approximate surface area is 260 Å². The van der Waals surface area contributed by atoms with E-state index < -0.39 is 135 Å². The number of carboxylic acid groups (broad SMARTS) is 1. The highest BCUT2D eigenvalue weighted by Gasteiger charge is 2.56. The molecule has 0 aliphatic carbocycles. The number of amides is 2. The van der Waals surface area contributed by atoms with Crippen molar-refractivity contribution in [3.63, 3.8) is 0 Å². The maximum absolute atomic E-state index is 12.3. The number of hydrogen-bond acceptors (Lipinski definition) is 18. The molecule has 2 aliphatic heterocycles. The standard InChI is InChI=1S/C25H42N2O19/c1-8(30)26-10(4-28)16(35)17(36)13(34)6-43-23-21(40)20(39)19(38)14(45-23)7-44-25(24(41)42)3-11(32)15(27-9(2)31)22(46-25)18(37)12(33)5-29/h4,10-23,29,32-40H,3,5-7H2,1-2H3,(H,26,30)(H,27,31)(H,41,42)/t10-,11-,12+,13+,14+,15+,16+,17+,18+,19-,20-,21+,22+,23+,25+/m0/s1. The van der Waals surface area contributed by atoms with Crippen molar-refractivity contribution < 1.29 is 94.3 Å². The van der Waals surface area contributed by atoms with Crippen LogP contribution in [0.2, 0.25) is 0 Å². The van der Waals surface area contributed by atoms with Crippen LogP contribution >= 0.6 is 0 Å². The Bertz CT molecular complexity index is 1040.